The molecule has 0 aromatic heterocycles. The van der Waals surface area contributed by atoms with E-state index in [4.69, 9.17) is 4.74 Å². The molecule has 0 aliphatic carbocycles. The van der Waals surface area contributed by atoms with E-state index in [0.717, 1.165) is 12.0 Å². The Morgan fingerprint density at radius 2 is 1.83 bits per heavy atom. The summed E-state index contributed by atoms with van der Waals surface area (Å²) in [5, 5.41) is 5.78. The van der Waals surface area contributed by atoms with Gasteiger partial charge in [-0.3, -0.25) is 4.79 Å². The highest BCUT2D eigenvalue weighted by molar-refractivity contribution is 5.90. The molecule has 2 N–H and O–H groups in total. The number of carbonyl (C=O) groups excluding carboxylic acids is 2. The molecule has 1 heterocycles. The van der Waals surface area contributed by atoms with Crippen molar-refractivity contribution in [2.24, 2.45) is 5.41 Å². The first-order valence-corrected chi connectivity index (χ1v) is 9.62. The maximum absolute atomic E-state index is 13.0. The summed E-state index contributed by atoms with van der Waals surface area (Å²) in [6.07, 6.45) is 1.45. The SMILES string of the molecule is COc1ccc(NC(=O)N2CCCC(C)(C(=O)NCc3ccc(F)cc3)C2)cc1. The molecule has 7 heteroatoms. The Labute approximate surface area is 170 Å². The highest BCUT2D eigenvalue weighted by Crippen LogP contribution is 2.30. The van der Waals surface area contributed by atoms with E-state index in [1.807, 2.05) is 6.92 Å². The van der Waals surface area contributed by atoms with Gasteiger partial charge >= 0.3 is 6.03 Å². The summed E-state index contributed by atoms with van der Waals surface area (Å²) in [6, 6.07) is 12.9. The van der Waals surface area contributed by atoms with Crippen LogP contribution in [0, 0.1) is 11.2 Å². The van der Waals surface area contributed by atoms with Gasteiger partial charge in [0.05, 0.1) is 12.5 Å². The molecule has 1 fully saturated rings. The van der Waals surface area contributed by atoms with Gasteiger partial charge in [0.1, 0.15) is 11.6 Å². The Bertz CT molecular complexity index is 855. The first-order chi connectivity index (χ1) is 13.9. The van der Waals surface area contributed by atoms with Crippen LogP contribution in [0.2, 0.25) is 0 Å². The number of nitrogens with zero attached hydrogens (tertiary/aromatic N) is 1. The van der Waals surface area contributed by atoms with Crippen molar-refractivity contribution in [3.05, 3.63) is 59.9 Å². The van der Waals surface area contributed by atoms with Crippen LogP contribution in [-0.2, 0) is 11.3 Å². The fourth-order valence-electron chi connectivity index (χ4n) is 3.47. The number of benzene rings is 2. The van der Waals surface area contributed by atoms with E-state index in [0.29, 0.717) is 37.5 Å². The lowest BCUT2D eigenvalue weighted by Gasteiger charge is -2.39. The number of hydrogen-bond donors (Lipinski definition) is 2. The third kappa shape index (κ3) is 5.25. The van der Waals surface area contributed by atoms with Crippen LogP contribution in [0.5, 0.6) is 5.75 Å². The summed E-state index contributed by atoms with van der Waals surface area (Å²) in [4.78, 5) is 27.1. The molecule has 29 heavy (non-hydrogen) atoms. The second kappa shape index (κ2) is 8.94. The molecule has 0 bridgehead atoms. The van der Waals surface area contributed by atoms with Gasteiger partial charge in [0.2, 0.25) is 5.91 Å². The van der Waals surface area contributed by atoms with E-state index in [1.165, 1.54) is 12.1 Å². The molecule has 1 unspecified atom stereocenters. The number of likely N-dealkylation sites (tertiary alicyclic amines) is 1. The zero-order valence-electron chi connectivity index (χ0n) is 16.7. The Morgan fingerprint density at radius 1 is 1.14 bits per heavy atom. The number of nitrogens with one attached hydrogen (secondary N) is 2. The summed E-state index contributed by atoms with van der Waals surface area (Å²) >= 11 is 0. The van der Waals surface area contributed by atoms with Crippen LogP contribution in [0.4, 0.5) is 14.9 Å². The van der Waals surface area contributed by atoms with E-state index in [-0.39, 0.29) is 17.8 Å². The van der Waals surface area contributed by atoms with Crippen molar-refractivity contribution in [1.82, 2.24) is 10.2 Å². The number of hydrogen-bond acceptors (Lipinski definition) is 3. The minimum atomic E-state index is -0.671. The van der Waals surface area contributed by atoms with Crippen molar-refractivity contribution in [1.29, 1.82) is 0 Å². The van der Waals surface area contributed by atoms with Crippen LogP contribution < -0.4 is 15.4 Å². The standard InChI is InChI=1S/C22H26FN3O3/c1-22(20(27)24-14-16-4-6-17(23)7-5-16)12-3-13-26(15-22)21(28)25-18-8-10-19(29-2)11-9-18/h4-11H,3,12-15H2,1-2H3,(H,24,27)(H,25,28). The van der Waals surface area contributed by atoms with Crippen LogP contribution in [-0.4, -0.2) is 37.0 Å². The Hall–Kier alpha value is -3.09. The number of methoxy groups -OCH3 is 1. The molecule has 3 rings (SSSR count). The molecule has 2 aromatic carbocycles. The van der Waals surface area contributed by atoms with Gasteiger partial charge in [-0.25, -0.2) is 9.18 Å². The van der Waals surface area contributed by atoms with Crippen LogP contribution in [0.3, 0.4) is 0 Å². The maximum Gasteiger partial charge on any atom is 0.321 e. The normalized spacial score (nSPS) is 18.8. The molecule has 0 spiro atoms. The molecule has 3 amide bonds. The number of ether oxygens (including phenoxy) is 1. The molecule has 1 atom stereocenters. The number of amides is 3. The van der Waals surface area contributed by atoms with Gasteiger partial charge in [-0.2, -0.15) is 0 Å². The van der Waals surface area contributed by atoms with E-state index in [2.05, 4.69) is 10.6 Å². The molecular weight excluding hydrogens is 373 g/mol. The minimum Gasteiger partial charge on any atom is -0.497 e. The molecular formula is C22H26FN3O3. The molecule has 1 saturated heterocycles. The van der Waals surface area contributed by atoms with Crippen molar-refractivity contribution in [3.63, 3.8) is 0 Å². The van der Waals surface area contributed by atoms with E-state index >= 15 is 0 Å². The summed E-state index contributed by atoms with van der Waals surface area (Å²) in [6.45, 7) is 3.14. The summed E-state index contributed by atoms with van der Waals surface area (Å²) in [7, 11) is 1.59. The first kappa shape index (κ1) is 20.6. The lowest BCUT2D eigenvalue weighted by Crippen LogP contribution is -2.52. The van der Waals surface area contributed by atoms with Crippen molar-refractivity contribution in [2.75, 3.05) is 25.5 Å². The molecule has 0 radical (unpaired) electrons. The van der Waals surface area contributed by atoms with Crippen LogP contribution >= 0.6 is 0 Å². The highest BCUT2D eigenvalue weighted by atomic mass is 19.1. The molecule has 1 aliphatic heterocycles. The average molecular weight is 399 g/mol. The number of urea groups is 1. The maximum atomic E-state index is 13.0. The van der Waals surface area contributed by atoms with Gasteiger partial charge in [0, 0.05) is 25.3 Å². The second-order valence-corrected chi connectivity index (χ2v) is 7.55. The third-order valence-corrected chi connectivity index (χ3v) is 5.24. The van der Waals surface area contributed by atoms with Gasteiger partial charge in [-0.1, -0.05) is 12.1 Å². The van der Waals surface area contributed by atoms with Gasteiger partial charge in [0.25, 0.3) is 0 Å². The predicted molar refractivity (Wildman–Crippen MR) is 109 cm³/mol. The predicted octanol–water partition coefficient (Wildman–Crippen LogP) is 3.78. The number of piperidine rings is 1. The molecule has 1 aliphatic rings. The Kier molecular flexibility index (Phi) is 6.36. The smallest absolute Gasteiger partial charge is 0.321 e. The number of halogens is 1. The fraction of sp³-hybridized carbons (Fsp3) is 0.364. The number of carbonyl (C=O) groups is 2. The van der Waals surface area contributed by atoms with Gasteiger partial charge < -0.3 is 20.3 Å². The van der Waals surface area contributed by atoms with E-state index in [1.54, 1.807) is 48.4 Å². The third-order valence-electron chi connectivity index (χ3n) is 5.24. The zero-order valence-corrected chi connectivity index (χ0v) is 16.7. The van der Waals surface area contributed by atoms with Gasteiger partial charge in [-0.05, 0) is 61.7 Å². The Balaban J connectivity index is 1.57. The van der Waals surface area contributed by atoms with Crippen LogP contribution in [0.15, 0.2) is 48.5 Å². The topological polar surface area (TPSA) is 70.7 Å². The van der Waals surface area contributed by atoms with Gasteiger partial charge in [0.15, 0.2) is 0 Å². The van der Waals surface area contributed by atoms with Crippen molar-refractivity contribution in [2.45, 2.75) is 26.3 Å². The summed E-state index contributed by atoms with van der Waals surface area (Å²) < 4.78 is 18.1. The second-order valence-electron chi connectivity index (χ2n) is 7.55. The largest absolute Gasteiger partial charge is 0.497 e. The van der Waals surface area contributed by atoms with E-state index < -0.39 is 5.41 Å². The molecule has 2 aromatic rings. The first-order valence-electron chi connectivity index (χ1n) is 9.62. The summed E-state index contributed by atoms with van der Waals surface area (Å²) in [5.74, 6) is 0.299. The van der Waals surface area contributed by atoms with Crippen LogP contribution in [0.25, 0.3) is 0 Å². The molecule has 0 saturated carbocycles. The lowest BCUT2D eigenvalue weighted by molar-refractivity contribution is -0.132. The van der Waals surface area contributed by atoms with E-state index in [9.17, 15) is 14.0 Å². The fourth-order valence-corrected chi connectivity index (χ4v) is 3.47. The number of anilines is 1. The average Bonchev–Trinajstić information content (AvgIpc) is 2.73. The minimum absolute atomic E-state index is 0.108. The highest BCUT2D eigenvalue weighted by Gasteiger charge is 2.39. The molecule has 6 nitrogen and oxygen atoms in total. The lowest BCUT2D eigenvalue weighted by atomic mass is 9.81. The van der Waals surface area contributed by atoms with Gasteiger partial charge in [-0.15, -0.1) is 0 Å². The quantitative estimate of drug-likeness (QED) is 0.804. The number of rotatable bonds is 5. The zero-order chi connectivity index (χ0) is 20.9. The summed E-state index contributed by atoms with van der Waals surface area (Å²) in [5.41, 5.74) is 0.826. The Morgan fingerprint density at radius 3 is 2.48 bits per heavy atom. The molecule has 154 valence electrons. The van der Waals surface area contributed by atoms with Crippen molar-refractivity contribution >= 4 is 17.6 Å². The van der Waals surface area contributed by atoms with Crippen molar-refractivity contribution in [3.8, 4) is 5.75 Å². The van der Waals surface area contributed by atoms with Crippen molar-refractivity contribution < 1.29 is 18.7 Å². The van der Waals surface area contributed by atoms with Crippen LogP contribution in [0.1, 0.15) is 25.3 Å². The monoisotopic (exact) mass is 399 g/mol.